The van der Waals surface area contributed by atoms with Crippen LogP contribution >= 0.6 is 0 Å². The highest BCUT2D eigenvalue weighted by Crippen LogP contribution is 2.43. The molecule has 0 saturated heterocycles. The van der Waals surface area contributed by atoms with Gasteiger partial charge >= 0.3 is 0 Å². The van der Waals surface area contributed by atoms with Crippen molar-refractivity contribution in [2.24, 2.45) is 0 Å². The molecule has 1 aliphatic rings. The van der Waals surface area contributed by atoms with E-state index in [1.807, 2.05) is 75.4 Å². The maximum atomic E-state index is 14.6. The van der Waals surface area contributed by atoms with Gasteiger partial charge in [0.05, 0.1) is 22.8 Å². The zero-order valence-corrected chi connectivity index (χ0v) is 26.3. The summed E-state index contributed by atoms with van der Waals surface area (Å²) in [6, 6.07) is 37.6. The number of rotatable bonds is 9. The van der Waals surface area contributed by atoms with E-state index >= 15 is 0 Å². The van der Waals surface area contributed by atoms with Gasteiger partial charge in [-0.2, -0.15) is 0 Å². The van der Waals surface area contributed by atoms with Crippen LogP contribution < -0.4 is 19.3 Å². The molecule has 8 heteroatoms. The van der Waals surface area contributed by atoms with Crippen LogP contribution in [0.3, 0.4) is 0 Å². The van der Waals surface area contributed by atoms with Crippen molar-refractivity contribution in [1.82, 2.24) is 0 Å². The van der Waals surface area contributed by atoms with Gasteiger partial charge in [-0.1, -0.05) is 77.9 Å². The van der Waals surface area contributed by atoms with E-state index in [9.17, 15) is 13.2 Å². The summed E-state index contributed by atoms with van der Waals surface area (Å²) in [7, 11) is -4.01. The predicted octanol–water partition coefficient (Wildman–Crippen LogP) is 7.87. The highest BCUT2D eigenvalue weighted by atomic mass is 32.2. The van der Waals surface area contributed by atoms with Crippen LogP contribution in [0.1, 0.15) is 45.7 Å². The number of sulfonamides is 1. The second-order valence-corrected chi connectivity index (χ2v) is 12.8. The summed E-state index contributed by atoms with van der Waals surface area (Å²) < 4.78 is 35.3. The van der Waals surface area contributed by atoms with Crippen LogP contribution in [0.25, 0.3) is 0 Å². The molecule has 1 amide bonds. The molecule has 1 aliphatic heterocycles. The van der Waals surface area contributed by atoms with Gasteiger partial charge in [-0.3, -0.25) is 14.4 Å². The van der Waals surface area contributed by atoms with E-state index in [1.165, 1.54) is 6.07 Å². The highest BCUT2D eigenvalue weighted by Gasteiger charge is 2.40. The Morgan fingerprint density at radius 2 is 1.42 bits per heavy atom. The maximum absolute atomic E-state index is 14.6. The first kappa shape index (κ1) is 30.0. The molecule has 1 atom stereocenters. The minimum Gasteiger partial charge on any atom is -0.494 e. The summed E-state index contributed by atoms with van der Waals surface area (Å²) in [5.74, 6) is 0.375. The molecule has 0 saturated carbocycles. The number of benzene rings is 5. The van der Waals surface area contributed by atoms with Crippen LogP contribution in [0.2, 0.25) is 0 Å². The molecular weight excluding hydrogens is 582 g/mol. The molecule has 0 aliphatic carbocycles. The van der Waals surface area contributed by atoms with Gasteiger partial charge < -0.3 is 9.64 Å². The minimum atomic E-state index is -4.01. The molecule has 7 nitrogen and oxygen atoms in total. The number of anilines is 3. The van der Waals surface area contributed by atoms with Crippen LogP contribution in [0.4, 0.5) is 17.1 Å². The summed E-state index contributed by atoms with van der Waals surface area (Å²) in [5.41, 5.74) is 6.30. The first-order valence-electron chi connectivity index (χ1n) is 14.9. The van der Waals surface area contributed by atoms with Gasteiger partial charge in [0.2, 0.25) is 0 Å². The smallest absolute Gasteiger partial charge is 0.262 e. The van der Waals surface area contributed by atoms with Gasteiger partial charge in [-0.15, -0.1) is 0 Å². The number of ether oxygens (including phenoxy) is 1. The van der Waals surface area contributed by atoms with Crippen molar-refractivity contribution in [2.75, 3.05) is 21.1 Å². The van der Waals surface area contributed by atoms with Crippen molar-refractivity contribution in [3.8, 4) is 5.75 Å². The minimum absolute atomic E-state index is 0.000730. The lowest BCUT2D eigenvalue weighted by molar-refractivity contribution is 0.0968. The molecule has 5 aromatic carbocycles. The number of hydrogen-bond donors (Lipinski definition) is 1. The lowest BCUT2D eigenvalue weighted by Gasteiger charge is -2.46. The van der Waals surface area contributed by atoms with Crippen LogP contribution in [0.15, 0.2) is 126 Å². The average molecular weight is 618 g/mol. The van der Waals surface area contributed by atoms with E-state index in [0.29, 0.717) is 35.8 Å². The lowest BCUT2D eigenvalue weighted by Crippen LogP contribution is -2.49. The summed E-state index contributed by atoms with van der Waals surface area (Å²) in [6.07, 6.45) is -0.474. The van der Waals surface area contributed by atoms with Crippen LogP contribution in [0.5, 0.6) is 5.75 Å². The second kappa shape index (κ2) is 12.5. The SMILES string of the molecule is CCOc1ccc(NS(=O)(=O)c2ccc3c(c2)C(=O)N(c2ccc(C)cc2)[C@H](c2ccc(C)cc2)N3Cc2ccccc2)cc1. The number of carbonyl (C=O) groups is 1. The Bertz CT molecular complexity index is 1910. The highest BCUT2D eigenvalue weighted by molar-refractivity contribution is 7.92. The Morgan fingerprint density at radius 3 is 2.07 bits per heavy atom. The molecule has 0 radical (unpaired) electrons. The average Bonchev–Trinajstić information content (AvgIpc) is 3.04. The van der Waals surface area contributed by atoms with Crippen molar-refractivity contribution in [1.29, 1.82) is 0 Å². The van der Waals surface area contributed by atoms with Gasteiger partial charge in [0.15, 0.2) is 0 Å². The monoisotopic (exact) mass is 617 g/mol. The Morgan fingerprint density at radius 1 is 0.778 bits per heavy atom. The summed E-state index contributed by atoms with van der Waals surface area (Å²) in [5, 5.41) is 0. The molecule has 0 aromatic heterocycles. The molecule has 1 heterocycles. The second-order valence-electron chi connectivity index (χ2n) is 11.2. The fourth-order valence-electron chi connectivity index (χ4n) is 5.60. The van der Waals surface area contributed by atoms with Gasteiger partial charge in [0.25, 0.3) is 15.9 Å². The van der Waals surface area contributed by atoms with E-state index < -0.39 is 16.2 Å². The summed E-state index contributed by atoms with van der Waals surface area (Å²) in [6.45, 7) is 6.94. The standard InChI is InChI=1S/C37H35N3O4S/c1-4-44-32-20-16-30(17-21-32)38-45(42,43)33-22-23-35-34(24-33)37(41)40(31-18-12-27(3)13-19-31)36(29-14-10-26(2)11-15-29)39(35)25-28-8-6-5-7-9-28/h5-24,36,38H,4,25H2,1-3H3/t36-/m1/s1. The van der Waals surface area contributed by atoms with Crippen molar-refractivity contribution in [3.63, 3.8) is 0 Å². The third-order valence-corrected chi connectivity index (χ3v) is 9.26. The van der Waals surface area contributed by atoms with Crippen LogP contribution in [-0.2, 0) is 16.6 Å². The zero-order valence-electron chi connectivity index (χ0n) is 25.5. The number of hydrogen-bond acceptors (Lipinski definition) is 5. The van der Waals surface area contributed by atoms with Gasteiger partial charge in [0.1, 0.15) is 11.9 Å². The quantitative estimate of drug-likeness (QED) is 0.182. The number of fused-ring (bicyclic) bond motifs is 1. The molecule has 6 rings (SSSR count). The van der Waals surface area contributed by atoms with E-state index in [0.717, 1.165) is 27.9 Å². The number of nitrogens with one attached hydrogen (secondary N) is 1. The number of carbonyl (C=O) groups excluding carboxylic acids is 1. The number of nitrogens with zero attached hydrogens (tertiary/aromatic N) is 2. The normalized spacial score (nSPS) is 14.6. The number of amides is 1. The van der Waals surface area contributed by atoms with Gasteiger partial charge in [0, 0.05) is 17.9 Å². The number of aryl methyl sites for hydroxylation is 2. The molecule has 0 unspecified atom stereocenters. The van der Waals surface area contributed by atoms with E-state index in [4.69, 9.17) is 4.74 Å². The van der Waals surface area contributed by atoms with Gasteiger partial charge in [-0.25, -0.2) is 8.42 Å². The Kier molecular flexibility index (Phi) is 8.32. The first-order valence-corrected chi connectivity index (χ1v) is 16.4. The molecule has 228 valence electrons. The molecule has 0 spiro atoms. The molecule has 0 fully saturated rings. The summed E-state index contributed by atoms with van der Waals surface area (Å²) >= 11 is 0. The third kappa shape index (κ3) is 6.28. The van der Waals surface area contributed by atoms with E-state index in [2.05, 4.69) is 33.9 Å². The third-order valence-electron chi connectivity index (χ3n) is 7.88. The molecule has 5 aromatic rings. The van der Waals surface area contributed by atoms with Crippen LogP contribution in [0, 0.1) is 13.8 Å². The molecule has 0 bridgehead atoms. The van der Waals surface area contributed by atoms with E-state index in [1.54, 1.807) is 41.3 Å². The fourth-order valence-corrected chi connectivity index (χ4v) is 6.68. The molecule has 45 heavy (non-hydrogen) atoms. The maximum Gasteiger partial charge on any atom is 0.262 e. The zero-order chi connectivity index (χ0) is 31.6. The van der Waals surface area contributed by atoms with Gasteiger partial charge in [-0.05, 0) is 86.5 Å². The van der Waals surface area contributed by atoms with Crippen molar-refractivity contribution < 1.29 is 17.9 Å². The Balaban J connectivity index is 1.48. The van der Waals surface area contributed by atoms with Crippen LogP contribution in [-0.4, -0.2) is 20.9 Å². The summed E-state index contributed by atoms with van der Waals surface area (Å²) in [4.78, 5) is 18.5. The van der Waals surface area contributed by atoms with Crippen molar-refractivity contribution in [3.05, 3.63) is 149 Å². The fraction of sp³-hybridized carbons (Fsp3) is 0.162. The molecule has 1 N–H and O–H groups in total. The largest absolute Gasteiger partial charge is 0.494 e. The van der Waals surface area contributed by atoms with Crippen molar-refractivity contribution in [2.45, 2.75) is 38.4 Å². The predicted molar refractivity (Wildman–Crippen MR) is 179 cm³/mol. The molecular formula is C37H35N3O4S. The Labute approximate surface area is 264 Å². The topological polar surface area (TPSA) is 78.9 Å². The first-order chi connectivity index (χ1) is 21.7. The van der Waals surface area contributed by atoms with Crippen molar-refractivity contribution >= 4 is 33.0 Å². The van der Waals surface area contributed by atoms with E-state index in [-0.39, 0.29) is 10.8 Å². The lowest BCUT2D eigenvalue weighted by atomic mass is 9.98. The Hall–Kier alpha value is -5.08.